The molecular weight excluding hydrogens is 344 g/mol. The van der Waals surface area contributed by atoms with Crippen LogP contribution in [0.5, 0.6) is 0 Å². The molecule has 3 rings (SSSR count). The van der Waals surface area contributed by atoms with Crippen molar-refractivity contribution in [1.82, 2.24) is 0 Å². The first-order valence-electron chi connectivity index (χ1n) is 10.8. The smallest absolute Gasteiger partial charge is 0.339 e. The molecule has 1 atom stereocenters. The van der Waals surface area contributed by atoms with Crippen LogP contribution in [0.3, 0.4) is 0 Å². The van der Waals surface area contributed by atoms with Crippen molar-refractivity contribution in [2.75, 3.05) is 0 Å². The van der Waals surface area contributed by atoms with Crippen LogP contribution in [0.4, 0.5) is 0 Å². The maximum atomic E-state index is 13.4. The summed E-state index contributed by atoms with van der Waals surface area (Å²) >= 11 is 0. The molecule has 1 aliphatic carbocycles. The summed E-state index contributed by atoms with van der Waals surface area (Å²) in [6.07, 6.45) is 2.90. The topological polar surface area (TPSA) is 26.3 Å². The van der Waals surface area contributed by atoms with Crippen LogP contribution in [0.25, 0.3) is 0 Å². The number of esters is 1. The van der Waals surface area contributed by atoms with Gasteiger partial charge in [0.2, 0.25) is 0 Å². The summed E-state index contributed by atoms with van der Waals surface area (Å²) in [7, 11) is 0. The molecule has 0 aromatic heterocycles. The van der Waals surface area contributed by atoms with Crippen LogP contribution < -0.4 is 0 Å². The number of benzene rings is 2. The van der Waals surface area contributed by atoms with Crippen molar-refractivity contribution in [1.29, 1.82) is 0 Å². The lowest BCUT2D eigenvalue weighted by molar-refractivity contribution is 0.0253. The van der Waals surface area contributed by atoms with Crippen LogP contribution in [0.1, 0.15) is 116 Å². The summed E-state index contributed by atoms with van der Waals surface area (Å²) in [5.74, 6) is 0.824. The van der Waals surface area contributed by atoms with Gasteiger partial charge in [0.05, 0.1) is 5.56 Å². The molecule has 0 bridgehead atoms. The van der Waals surface area contributed by atoms with Crippen LogP contribution in [-0.4, -0.2) is 5.97 Å². The summed E-state index contributed by atoms with van der Waals surface area (Å²) in [6, 6.07) is 12.8. The number of carbonyl (C=O) groups is 1. The number of hydrogen-bond acceptors (Lipinski definition) is 2. The maximum absolute atomic E-state index is 13.4. The van der Waals surface area contributed by atoms with Gasteiger partial charge >= 0.3 is 5.97 Å². The molecule has 2 aromatic carbocycles. The molecular formula is C26H34O2. The highest BCUT2D eigenvalue weighted by Gasteiger charge is 2.28. The summed E-state index contributed by atoms with van der Waals surface area (Å²) in [4.78, 5) is 13.4. The van der Waals surface area contributed by atoms with Crippen molar-refractivity contribution in [3.05, 3.63) is 69.8 Å². The largest absolute Gasteiger partial charge is 0.454 e. The first kappa shape index (κ1) is 20.6. The summed E-state index contributed by atoms with van der Waals surface area (Å²) in [5.41, 5.74) is 6.81. The quantitative estimate of drug-likeness (QED) is 0.511. The Morgan fingerprint density at radius 1 is 0.929 bits per heavy atom. The molecule has 1 unspecified atom stereocenters. The van der Waals surface area contributed by atoms with Gasteiger partial charge in [-0.2, -0.15) is 0 Å². The van der Waals surface area contributed by atoms with Gasteiger partial charge in [-0.05, 0) is 64.8 Å². The first-order valence-corrected chi connectivity index (χ1v) is 10.8. The van der Waals surface area contributed by atoms with E-state index in [2.05, 4.69) is 71.9 Å². The van der Waals surface area contributed by atoms with Gasteiger partial charge in [-0.3, -0.25) is 0 Å². The van der Waals surface area contributed by atoms with E-state index >= 15 is 0 Å². The molecule has 0 N–H and O–H groups in total. The molecule has 0 saturated carbocycles. The Balaban J connectivity index is 2.02. The van der Waals surface area contributed by atoms with E-state index in [0.717, 1.165) is 36.0 Å². The number of rotatable bonds is 5. The van der Waals surface area contributed by atoms with Crippen LogP contribution >= 0.6 is 0 Å². The van der Waals surface area contributed by atoms with Crippen LogP contribution in [0.2, 0.25) is 0 Å². The molecule has 2 nitrogen and oxygen atoms in total. The lowest BCUT2D eigenvalue weighted by atomic mass is 9.84. The zero-order valence-corrected chi connectivity index (χ0v) is 18.2. The fraction of sp³-hybridized carbons (Fsp3) is 0.500. The van der Waals surface area contributed by atoms with Gasteiger partial charge in [0, 0.05) is 0 Å². The Morgan fingerprint density at radius 3 is 2.11 bits per heavy atom. The molecule has 2 heteroatoms. The number of fused-ring (bicyclic) bond motifs is 1. The summed E-state index contributed by atoms with van der Waals surface area (Å²) < 4.78 is 6.15. The number of hydrogen-bond donors (Lipinski definition) is 0. The van der Waals surface area contributed by atoms with E-state index in [9.17, 15) is 4.79 Å². The molecule has 0 amide bonds. The highest BCUT2D eigenvalue weighted by Crippen LogP contribution is 2.36. The van der Waals surface area contributed by atoms with Crippen molar-refractivity contribution in [3.63, 3.8) is 0 Å². The fourth-order valence-corrected chi connectivity index (χ4v) is 4.21. The molecule has 2 aromatic rings. The number of aryl methyl sites for hydroxylation is 1. The van der Waals surface area contributed by atoms with Crippen molar-refractivity contribution in [2.45, 2.75) is 84.7 Å². The Hall–Kier alpha value is -2.09. The predicted molar refractivity (Wildman–Crippen MR) is 116 cm³/mol. The average Bonchev–Trinajstić information content (AvgIpc) is 2.66. The van der Waals surface area contributed by atoms with Crippen LogP contribution in [0.15, 0.2) is 36.4 Å². The van der Waals surface area contributed by atoms with E-state index in [1.54, 1.807) is 0 Å². The third-order valence-corrected chi connectivity index (χ3v) is 5.90. The third-order valence-electron chi connectivity index (χ3n) is 5.90. The van der Waals surface area contributed by atoms with Crippen molar-refractivity contribution in [2.24, 2.45) is 0 Å². The van der Waals surface area contributed by atoms with Gasteiger partial charge < -0.3 is 4.74 Å². The first-order chi connectivity index (χ1) is 13.3. The lowest BCUT2D eigenvalue weighted by Crippen LogP contribution is -2.20. The monoisotopic (exact) mass is 378 g/mol. The molecule has 1 aliphatic rings. The Kier molecular flexibility index (Phi) is 6.27. The third kappa shape index (κ3) is 4.16. The normalized spacial score (nSPS) is 16.5. The van der Waals surface area contributed by atoms with Gasteiger partial charge in [0.25, 0.3) is 0 Å². The van der Waals surface area contributed by atoms with E-state index in [1.165, 1.54) is 16.7 Å². The van der Waals surface area contributed by atoms with Gasteiger partial charge in [-0.15, -0.1) is 0 Å². The van der Waals surface area contributed by atoms with Crippen molar-refractivity contribution in [3.8, 4) is 0 Å². The van der Waals surface area contributed by atoms with Gasteiger partial charge in [-0.25, -0.2) is 4.79 Å². The number of carbonyl (C=O) groups excluding carboxylic acids is 1. The molecule has 0 radical (unpaired) electrons. The minimum absolute atomic E-state index is 0.137. The second kappa shape index (κ2) is 8.51. The fourth-order valence-electron chi connectivity index (χ4n) is 4.21. The maximum Gasteiger partial charge on any atom is 0.339 e. The van der Waals surface area contributed by atoms with E-state index in [4.69, 9.17) is 4.74 Å². The van der Waals surface area contributed by atoms with Gasteiger partial charge in [0.15, 0.2) is 0 Å². The van der Waals surface area contributed by atoms with Crippen LogP contribution in [0, 0.1) is 0 Å². The Labute approximate surface area is 170 Å². The Bertz CT molecular complexity index is 816. The average molecular weight is 379 g/mol. The molecule has 0 spiro atoms. The molecule has 0 fully saturated rings. The summed E-state index contributed by atoms with van der Waals surface area (Å²) in [5, 5.41) is 0. The van der Waals surface area contributed by atoms with E-state index in [-0.39, 0.29) is 23.9 Å². The zero-order valence-electron chi connectivity index (χ0n) is 18.2. The van der Waals surface area contributed by atoms with E-state index in [0.29, 0.717) is 5.92 Å². The molecule has 0 aliphatic heterocycles. The molecule has 28 heavy (non-hydrogen) atoms. The highest BCUT2D eigenvalue weighted by atomic mass is 16.5. The van der Waals surface area contributed by atoms with E-state index < -0.39 is 0 Å². The highest BCUT2D eigenvalue weighted by molar-refractivity contribution is 5.93. The van der Waals surface area contributed by atoms with Crippen molar-refractivity contribution < 1.29 is 9.53 Å². The molecule has 0 saturated heterocycles. The van der Waals surface area contributed by atoms with Crippen LogP contribution in [-0.2, 0) is 11.2 Å². The molecule has 150 valence electrons. The summed E-state index contributed by atoms with van der Waals surface area (Å²) in [6.45, 7) is 13.1. The minimum Gasteiger partial charge on any atom is -0.454 e. The lowest BCUT2D eigenvalue weighted by Gasteiger charge is -2.27. The van der Waals surface area contributed by atoms with Gasteiger partial charge in [0.1, 0.15) is 6.10 Å². The second-order valence-corrected chi connectivity index (χ2v) is 9.02. The molecule has 0 heterocycles. The minimum atomic E-state index is -0.163. The number of ether oxygens (including phenoxy) is 1. The Morgan fingerprint density at radius 2 is 1.54 bits per heavy atom. The zero-order chi connectivity index (χ0) is 20.4. The second-order valence-electron chi connectivity index (χ2n) is 9.02. The predicted octanol–water partition coefficient (Wildman–Crippen LogP) is 7.29. The standard InChI is InChI=1S/C26H34O2/c1-16(2)20-14-22(17(3)4)25(23(15-20)18(5)6)26(27)28-24-13-9-11-19-10-7-8-12-21(19)24/h7-8,10,12,14-18,24H,9,11,13H2,1-6H3. The van der Waals surface area contributed by atoms with Crippen molar-refractivity contribution >= 4 is 5.97 Å². The van der Waals surface area contributed by atoms with Gasteiger partial charge in [-0.1, -0.05) is 77.9 Å². The SMILES string of the molecule is CC(C)c1cc(C(C)C)c(C(=O)OC2CCCc3ccccc32)c(C(C)C)c1. The van der Waals surface area contributed by atoms with E-state index in [1.807, 2.05) is 6.07 Å².